The highest BCUT2D eigenvalue weighted by molar-refractivity contribution is 7.99. The van der Waals surface area contributed by atoms with Crippen LogP contribution >= 0.6 is 11.8 Å². The molecule has 17 heavy (non-hydrogen) atoms. The predicted molar refractivity (Wildman–Crippen MR) is 67.1 cm³/mol. The Morgan fingerprint density at radius 3 is 2.76 bits per heavy atom. The maximum absolute atomic E-state index is 11.8. The number of aliphatic carboxylic acids is 1. The van der Waals surface area contributed by atoms with Crippen LogP contribution < -0.4 is 5.32 Å². The van der Waals surface area contributed by atoms with Crippen LogP contribution in [0.5, 0.6) is 0 Å². The topological polar surface area (TPSA) is 72.9 Å². The van der Waals surface area contributed by atoms with Crippen molar-refractivity contribution in [1.82, 2.24) is 15.1 Å². The minimum Gasteiger partial charge on any atom is -0.480 e. The van der Waals surface area contributed by atoms with Crippen molar-refractivity contribution in [3.63, 3.8) is 0 Å². The van der Waals surface area contributed by atoms with Crippen LogP contribution in [0.2, 0.25) is 0 Å². The van der Waals surface area contributed by atoms with E-state index in [0.29, 0.717) is 18.2 Å². The van der Waals surface area contributed by atoms with Crippen molar-refractivity contribution in [2.45, 2.75) is 19.0 Å². The van der Waals surface area contributed by atoms with Gasteiger partial charge in [0.1, 0.15) is 6.04 Å². The van der Waals surface area contributed by atoms with Crippen molar-refractivity contribution in [1.29, 1.82) is 0 Å². The second-order valence-electron chi connectivity index (χ2n) is 4.32. The fourth-order valence-electron chi connectivity index (χ4n) is 1.37. The fraction of sp³-hybridized carbons (Fsp3) is 0.800. The number of hydrogen-bond donors (Lipinski definition) is 2. The maximum atomic E-state index is 11.8. The monoisotopic (exact) mass is 261 g/mol. The third-order valence-corrected chi connectivity index (χ3v) is 3.87. The van der Waals surface area contributed by atoms with Crippen LogP contribution in [0.15, 0.2) is 0 Å². The Morgan fingerprint density at radius 1 is 1.59 bits per heavy atom. The molecule has 1 aliphatic rings. The molecule has 1 saturated heterocycles. The molecule has 0 aromatic carbocycles. The number of carbonyl (C=O) groups is 2. The zero-order valence-electron chi connectivity index (χ0n) is 10.3. The number of urea groups is 1. The highest BCUT2D eigenvalue weighted by Crippen LogP contribution is 2.20. The molecule has 0 spiro atoms. The molecule has 0 bridgehead atoms. The Morgan fingerprint density at radius 2 is 2.24 bits per heavy atom. The average Bonchev–Trinajstić information content (AvgIpc) is 2.73. The van der Waals surface area contributed by atoms with Crippen molar-refractivity contribution >= 4 is 23.8 Å². The van der Waals surface area contributed by atoms with Gasteiger partial charge in [-0.2, -0.15) is 0 Å². The molecule has 1 aliphatic heterocycles. The summed E-state index contributed by atoms with van der Waals surface area (Å²) < 4.78 is 0. The molecule has 6 nitrogen and oxygen atoms in total. The van der Waals surface area contributed by atoms with Crippen LogP contribution in [0.25, 0.3) is 0 Å². The highest BCUT2D eigenvalue weighted by Gasteiger charge is 2.34. The standard InChI is InChI=1S/C10H19N3O3S/c1-7(12(2)3)4-11-10(16)13-6-17-5-8(13)9(14)15/h7-8H,4-6H2,1-3H3,(H,11,16)(H,14,15). The number of carbonyl (C=O) groups excluding carboxylic acids is 1. The molecule has 7 heteroatoms. The van der Waals surface area contributed by atoms with Gasteiger partial charge in [-0.15, -0.1) is 11.8 Å². The summed E-state index contributed by atoms with van der Waals surface area (Å²) >= 11 is 1.46. The largest absolute Gasteiger partial charge is 0.480 e. The molecule has 98 valence electrons. The Bertz CT molecular complexity index is 299. The van der Waals surface area contributed by atoms with E-state index in [1.807, 2.05) is 25.9 Å². The summed E-state index contributed by atoms with van der Waals surface area (Å²) in [5, 5.41) is 11.7. The van der Waals surface area contributed by atoms with Gasteiger partial charge < -0.3 is 20.2 Å². The zero-order valence-corrected chi connectivity index (χ0v) is 11.2. The number of thioether (sulfide) groups is 1. The lowest BCUT2D eigenvalue weighted by Crippen LogP contribution is -2.49. The van der Waals surface area contributed by atoms with Gasteiger partial charge in [0.15, 0.2) is 0 Å². The fourth-order valence-corrected chi connectivity index (χ4v) is 2.51. The van der Waals surface area contributed by atoms with Gasteiger partial charge in [-0.25, -0.2) is 9.59 Å². The van der Waals surface area contributed by atoms with Crippen molar-refractivity contribution in [2.75, 3.05) is 32.3 Å². The van der Waals surface area contributed by atoms with Crippen LogP contribution in [-0.2, 0) is 4.79 Å². The van der Waals surface area contributed by atoms with Gasteiger partial charge in [-0.05, 0) is 21.0 Å². The summed E-state index contributed by atoms with van der Waals surface area (Å²) in [6.45, 7) is 2.51. The van der Waals surface area contributed by atoms with E-state index in [1.165, 1.54) is 16.7 Å². The van der Waals surface area contributed by atoms with Gasteiger partial charge in [0.05, 0.1) is 5.88 Å². The number of likely N-dealkylation sites (N-methyl/N-ethyl adjacent to an activating group) is 1. The van der Waals surface area contributed by atoms with Gasteiger partial charge in [0.2, 0.25) is 0 Å². The van der Waals surface area contributed by atoms with E-state index in [2.05, 4.69) is 5.32 Å². The van der Waals surface area contributed by atoms with Crippen LogP contribution in [0, 0.1) is 0 Å². The number of carboxylic acids is 1. The van der Waals surface area contributed by atoms with E-state index in [9.17, 15) is 9.59 Å². The third kappa shape index (κ3) is 3.78. The number of amides is 2. The quantitative estimate of drug-likeness (QED) is 0.751. The second-order valence-corrected chi connectivity index (χ2v) is 5.32. The SMILES string of the molecule is CC(CNC(=O)N1CSCC1C(=O)O)N(C)C. The van der Waals surface area contributed by atoms with E-state index in [0.717, 1.165) is 0 Å². The van der Waals surface area contributed by atoms with E-state index in [4.69, 9.17) is 5.11 Å². The molecule has 0 radical (unpaired) electrons. The number of carboxylic acid groups (broad SMARTS) is 1. The van der Waals surface area contributed by atoms with Gasteiger partial charge in [-0.3, -0.25) is 0 Å². The molecule has 2 amide bonds. The van der Waals surface area contributed by atoms with Crippen molar-refractivity contribution in [3.05, 3.63) is 0 Å². The molecule has 2 N–H and O–H groups in total. The van der Waals surface area contributed by atoms with E-state index in [-0.39, 0.29) is 12.1 Å². The molecule has 0 saturated carbocycles. The molecule has 1 fully saturated rings. The predicted octanol–water partition coefficient (Wildman–Crippen LogP) is 0.106. The second kappa shape index (κ2) is 6.11. The van der Waals surface area contributed by atoms with E-state index in [1.54, 1.807) is 0 Å². The summed E-state index contributed by atoms with van der Waals surface area (Å²) in [6, 6.07) is -0.775. The Labute approximate surface area is 105 Å². The first-order valence-electron chi connectivity index (χ1n) is 5.45. The zero-order chi connectivity index (χ0) is 13.0. The molecule has 2 atom stereocenters. The minimum absolute atomic E-state index is 0.220. The number of nitrogens with zero attached hydrogens (tertiary/aromatic N) is 2. The average molecular weight is 261 g/mol. The number of hydrogen-bond acceptors (Lipinski definition) is 4. The van der Waals surface area contributed by atoms with Crippen molar-refractivity contribution in [3.8, 4) is 0 Å². The number of nitrogens with one attached hydrogen (secondary N) is 1. The molecule has 0 aromatic rings. The molecular formula is C10H19N3O3S. The summed E-state index contributed by atoms with van der Waals surface area (Å²) in [7, 11) is 3.87. The first kappa shape index (κ1) is 14.1. The first-order valence-corrected chi connectivity index (χ1v) is 6.60. The summed E-state index contributed by atoms with van der Waals surface area (Å²) in [4.78, 5) is 26.1. The van der Waals surface area contributed by atoms with Crippen LogP contribution in [0.4, 0.5) is 4.79 Å². The molecule has 1 rings (SSSR count). The smallest absolute Gasteiger partial charge is 0.327 e. The van der Waals surface area contributed by atoms with Crippen LogP contribution in [0.3, 0.4) is 0 Å². The van der Waals surface area contributed by atoms with Crippen molar-refractivity contribution in [2.24, 2.45) is 0 Å². The van der Waals surface area contributed by atoms with Gasteiger partial charge in [-0.1, -0.05) is 0 Å². The van der Waals surface area contributed by atoms with Crippen molar-refractivity contribution < 1.29 is 14.7 Å². The summed E-state index contributed by atoms with van der Waals surface area (Å²) in [6.07, 6.45) is 0. The maximum Gasteiger partial charge on any atom is 0.327 e. The lowest BCUT2D eigenvalue weighted by Gasteiger charge is -2.24. The minimum atomic E-state index is -0.939. The molecular weight excluding hydrogens is 242 g/mol. The Hall–Kier alpha value is -0.950. The van der Waals surface area contributed by atoms with Crippen LogP contribution in [0.1, 0.15) is 6.92 Å². The normalized spacial score (nSPS) is 21.6. The van der Waals surface area contributed by atoms with Crippen LogP contribution in [-0.4, -0.2) is 71.3 Å². The molecule has 2 unspecified atom stereocenters. The lowest BCUT2D eigenvalue weighted by molar-refractivity contribution is -0.140. The summed E-state index contributed by atoms with van der Waals surface area (Å²) in [5.41, 5.74) is 0. The third-order valence-electron chi connectivity index (χ3n) is 2.86. The Balaban J connectivity index is 2.44. The first-order chi connectivity index (χ1) is 7.93. The van der Waals surface area contributed by atoms with Gasteiger partial charge in [0, 0.05) is 18.3 Å². The molecule has 0 aromatic heterocycles. The van der Waals surface area contributed by atoms with Gasteiger partial charge in [0.25, 0.3) is 0 Å². The Kier molecular flexibility index (Phi) is 5.07. The highest BCUT2D eigenvalue weighted by atomic mass is 32.2. The lowest BCUT2D eigenvalue weighted by atomic mass is 10.3. The molecule has 0 aliphatic carbocycles. The number of rotatable bonds is 4. The van der Waals surface area contributed by atoms with Gasteiger partial charge >= 0.3 is 12.0 Å². The molecule has 1 heterocycles. The summed E-state index contributed by atoms with van der Waals surface area (Å²) in [5.74, 6) is -0.0312. The van der Waals surface area contributed by atoms with E-state index >= 15 is 0 Å². The van der Waals surface area contributed by atoms with E-state index < -0.39 is 12.0 Å².